The van der Waals surface area contributed by atoms with Gasteiger partial charge in [0, 0.05) is 7.11 Å². The number of hydrogen-bond acceptors (Lipinski definition) is 7. The van der Waals surface area contributed by atoms with Crippen molar-refractivity contribution in [3.63, 3.8) is 0 Å². The van der Waals surface area contributed by atoms with Crippen LogP contribution in [-0.2, 0) is 4.74 Å². The fraction of sp³-hybridized carbons (Fsp3) is 0.727. The Morgan fingerprint density at radius 3 is 2.56 bits per heavy atom. The summed E-state index contributed by atoms with van der Waals surface area (Å²) in [6.07, 6.45) is 0. The molecule has 1 aromatic rings. The minimum atomic E-state index is 0.103. The van der Waals surface area contributed by atoms with Gasteiger partial charge in [-0.3, -0.25) is 0 Å². The summed E-state index contributed by atoms with van der Waals surface area (Å²) >= 11 is 0. The van der Waals surface area contributed by atoms with E-state index >= 15 is 0 Å². The Bertz CT molecular complexity index is 372. The summed E-state index contributed by atoms with van der Waals surface area (Å²) in [7, 11) is 1.66. The highest BCUT2D eigenvalue weighted by molar-refractivity contribution is 5.33. The van der Waals surface area contributed by atoms with Crippen LogP contribution in [0.4, 0.5) is 11.9 Å². The van der Waals surface area contributed by atoms with Gasteiger partial charge in [-0.05, 0) is 12.8 Å². The normalized spacial score (nSPS) is 12.5. The number of nitrogens with zero attached hydrogens (tertiary/aromatic N) is 3. The molecule has 0 amide bonds. The second kappa shape index (κ2) is 6.95. The number of methoxy groups -OCH3 is 1. The Hall–Kier alpha value is -1.63. The molecule has 0 saturated carbocycles. The summed E-state index contributed by atoms with van der Waals surface area (Å²) in [6.45, 7) is 7.08. The Morgan fingerprint density at radius 1 is 1.28 bits per heavy atom. The van der Waals surface area contributed by atoms with E-state index in [0.717, 1.165) is 0 Å². The Balaban J connectivity index is 2.81. The van der Waals surface area contributed by atoms with Gasteiger partial charge in [0.25, 0.3) is 0 Å². The van der Waals surface area contributed by atoms with E-state index in [9.17, 15) is 0 Å². The lowest BCUT2D eigenvalue weighted by Crippen LogP contribution is -2.31. The SMILES string of the molecule is CCOc1nc(N)nc(NC(COC)C(C)C)n1. The Morgan fingerprint density at radius 2 is 2.00 bits per heavy atom. The average Bonchev–Trinajstić information content (AvgIpc) is 2.28. The molecular formula is C11H21N5O2. The second-order valence-electron chi connectivity index (χ2n) is 4.18. The number of hydrogen-bond donors (Lipinski definition) is 2. The van der Waals surface area contributed by atoms with Crippen molar-refractivity contribution in [1.29, 1.82) is 0 Å². The standard InChI is InChI=1S/C11H21N5O2/c1-5-18-11-15-9(12)14-10(16-11)13-8(6-17-4)7(2)3/h7-8H,5-6H2,1-4H3,(H3,12,13,14,15,16). The van der Waals surface area contributed by atoms with Gasteiger partial charge in [0.05, 0.1) is 19.3 Å². The lowest BCUT2D eigenvalue weighted by atomic mass is 10.1. The maximum Gasteiger partial charge on any atom is 0.323 e. The van der Waals surface area contributed by atoms with Crippen LogP contribution in [0.1, 0.15) is 20.8 Å². The summed E-state index contributed by atoms with van der Waals surface area (Å²) in [4.78, 5) is 12.0. The number of nitrogens with two attached hydrogens (primary N) is 1. The van der Waals surface area contributed by atoms with Crippen molar-refractivity contribution in [3.8, 4) is 6.01 Å². The molecule has 0 radical (unpaired) electrons. The molecule has 7 nitrogen and oxygen atoms in total. The molecule has 0 spiro atoms. The van der Waals surface area contributed by atoms with E-state index in [1.807, 2.05) is 6.92 Å². The highest BCUT2D eigenvalue weighted by atomic mass is 16.5. The summed E-state index contributed by atoms with van der Waals surface area (Å²) in [5.74, 6) is 0.913. The molecule has 0 aliphatic heterocycles. The predicted octanol–water partition coefficient (Wildman–Crippen LogP) is 0.935. The Labute approximate surface area is 107 Å². The molecule has 0 aromatic carbocycles. The third kappa shape index (κ3) is 4.33. The fourth-order valence-corrected chi connectivity index (χ4v) is 1.38. The third-order valence-corrected chi connectivity index (χ3v) is 2.37. The molecule has 1 unspecified atom stereocenters. The summed E-state index contributed by atoms with van der Waals surface area (Å²) in [5, 5.41) is 3.17. The molecule has 0 fully saturated rings. The molecule has 0 aliphatic carbocycles. The summed E-state index contributed by atoms with van der Waals surface area (Å²) in [5.41, 5.74) is 5.60. The molecule has 0 aliphatic rings. The van der Waals surface area contributed by atoms with Crippen molar-refractivity contribution in [2.45, 2.75) is 26.8 Å². The van der Waals surface area contributed by atoms with Gasteiger partial charge in [0.15, 0.2) is 0 Å². The largest absolute Gasteiger partial charge is 0.464 e. The number of nitrogens with one attached hydrogen (secondary N) is 1. The van der Waals surface area contributed by atoms with Gasteiger partial charge >= 0.3 is 6.01 Å². The van der Waals surface area contributed by atoms with Crippen LogP contribution in [0.25, 0.3) is 0 Å². The first kappa shape index (κ1) is 14.4. The third-order valence-electron chi connectivity index (χ3n) is 2.37. The summed E-state index contributed by atoms with van der Waals surface area (Å²) in [6, 6.07) is 0.332. The van der Waals surface area contributed by atoms with Gasteiger partial charge in [0.2, 0.25) is 11.9 Å². The molecule has 7 heteroatoms. The molecule has 1 aromatic heterocycles. The van der Waals surface area contributed by atoms with Crippen molar-refractivity contribution in [1.82, 2.24) is 15.0 Å². The van der Waals surface area contributed by atoms with E-state index in [-0.39, 0.29) is 18.0 Å². The number of nitrogen functional groups attached to an aromatic ring is 1. The van der Waals surface area contributed by atoms with Crippen LogP contribution < -0.4 is 15.8 Å². The topological polar surface area (TPSA) is 95.2 Å². The van der Waals surface area contributed by atoms with Crippen molar-refractivity contribution in [2.75, 3.05) is 31.4 Å². The number of rotatable bonds is 7. The van der Waals surface area contributed by atoms with Crippen molar-refractivity contribution in [2.24, 2.45) is 5.92 Å². The minimum absolute atomic E-state index is 0.103. The van der Waals surface area contributed by atoms with Gasteiger partial charge in [-0.25, -0.2) is 0 Å². The molecule has 0 bridgehead atoms. The van der Waals surface area contributed by atoms with Crippen LogP contribution >= 0.6 is 0 Å². The Kier molecular flexibility index (Phi) is 5.57. The molecule has 1 heterocycles. The first-order valence-corrected chi connectivity index (χ1v) is 5.96. The van der Waals surface area contributed by atoms with Crippen LogP contribution in [0.2, 0.25) is 0 Å². The number of anilines is 2. The van der Waals surface area contributed by atoms with Crippen LogP contribution in [0.5, 0.6) is 6.01 Å². The molecule has 0 saturated heterocycles. The lowest BCUT2D eigenvalue weighted by Gasteiger charge is -2.21. The quantitative estimate of drug-likeness (QED) is 0.748. The van der Waals surface area contributed by atoms with Gasteiger partial charge in [0.1, 0.15) is 0 Å². The maximum absolute atomic E-state index is 5.60. The minimum Gasteiger partial charge on any atom is -0.464 e. The van der Waals surface area contributed by atoms with E-state index in [2.05, 4.69) is 34.1 Å². The van der Waals surface area contributed by atoms with Gasteiger partial charge in [-0.2, -0.15) is 15.0 Å². The van der Waals surface area contributed by atoms with Crippen LogP contribution in [-0.4, -0.2) is 41.3 Å². The van der Waals surface area contributed by atoms with E-state index in [4.69, 9.17) is 15.2 Å². The maximum atomic E-state index is 5.60. The van der Waals surface area contributed by atoms with Crippen LogP contribution in [0, 0.1) is 5.92 Å². The van der Waals surface area contributed by atoms with E-state index < -0.39 is 0 Å². The average molecular weight is 255 g/mol. The van der Waals surface area contributed by atoms with Crippen molar-refractivity contribution < 1.29 is 9.47 Å². The molecule has 1 rings (SSSR count). The smallest absolute Gasteiger partial charge is 0.323 e. The highest BCUT2D eigenvalue weighted by Gasteiger charge is 2.15. The highest BCUT2D eigenvalue weighted by Crippen LogP contribution is 2.13. The van der Waals surface area contributed by atoms with Crippen molar-refractivity contribution in [3.05, 3.63) is 0 Å². The first-order chi connectivity index (χ1) is 8.56. The van der Waals surface area contributed by atoms with E-state index in [1.165, 1.54) is 0 Å². The summed E-state index contributed by atoms with van der Waals surface area (Å²) < 4.78 is 10.4. The van der Waals surface area contributed by atoms with Crippen LogP contribution in [0.3, 0.4) is 0 Å². The zero-order valence-corrected chi connectivity index (χ0v) is 11.3. The zero-order chi connectivity index (χ0) is 13.5. The van der Waals surface area contributed by atoms with Crippen LogP contribution in [0.15, 0.2) is 0 Å². The van der Waals surface area contributed by atoms with E-state index in [0.29, 0.717) is 25.1 Å². The fourth-order valence-electron chi connectivity index (χ4n) is 1.38. The van der Waals surface area contributed by atoms with Gasteiger partial charge in [-0.15, -0.1) is 0 Å². The first-order valence-electron chi connectivity index (χ1n) is 5.96. The van der Waals surface area contributed by atoms with E-state index in [1.54, 1.807) is 7.11 Å². The number of aromatic nitrogens is 3. The van der Waals surface area contributed by atoms with Gasteiger partial charge < -0.3 is 20.5 Å². The van der Waals surface area contributed by atoms with Gasteiger partial charge in [-0.1, -0.05) is 13.8 Å². The number of ether oxygens (including phenoxy) is 2. The molecule has 18 heavy (non-hydrogen) atoms. The zero-order valence-electron chi connectivity index (χ0n) is 11.3. The molecule has 1 atom stereocenters. The molecular weight excluding hydrogens is 234 g/mol. The van der Waals surface area contributed by atoms with Crippen molar-refractivity contribution >= 4 is 11.9 Å². The predicted molar refractivity (Wildman–Crippen MR) is 69.5 cm³/mol. The lowest BCUT2D eigenvalue weighted by molar-refractivity contribution is 0.170. The second-order valence-corrected chi connectivity index (χ2v) is 4.18. The molecule has 102 valence electrons. The molecule has 3 N–H and O–H groups in total. The monoisotopic (exact) mass is 255 g/mol.